The minimum absolute atomic E-state index is 0.0607. The van der Waals surface area contributed by atoms with Crippen LogP contribution < -0.4 is 5.32 Å². The molecular formula is C13H9N5O4. The van der Waals surface area contributed by atoms with E-state index in [2.05, 4.69) is 15.4 Å². The van der Waals surface area contributed by atoms with Gasteiger partial charge in [0.15, 0.2) is 5.65 Å². The summed E-state index contributed by atoms with van der Waals surface area (Å²) in [5.74, 6) is -0.854. The van der Waals surface area contributed by atoms with E-state index < -0.39 is 10.8 Å². The molecule has 9 heteroatoms. The highest BCUT2D eigenvalue weighted by Crippen LogP contribution is 2.28. The molecule has 0 radical (unpaired) electrons. The Morgan fingerprint density at radius 1 is 1.41 bits per heavy atom. The van der Waals surface area contributed by atoms with Crippen LogP contribution in [0.1, 0.15) is 10.4 Å². The molecule has 2 aromatic heterocycles. The van der Waals surface area contributed by atoms with Crippen molar-refractivity contribution in [2.75, 3.05) is 5.32 Å². The van der Waals surface area contributed by atoms with Crippen LogP contribution in [0.15, 0.2) is 42.9 Å². The number of amides is 1. The maximum absolute atomic E-state index is 12.2. The number of phenolic OH excluding ortho intramolecular Hbond substituents is 1. The molecule has 3 aromatic rings. The third-order valence-electron chi connectivity index (χ3n) is 2.96. The number of carbonyl (C=O) groups is 1. The number of non-ortho nitro benzene ring substituents is 1. The van der Waals surface area contributed by atoms with Crippen molar-refractivity contribution in [1.29, 1.82) is 0 Å². The van der Waals surface area contributed by atoms with Crippen LogP contribution in [-0.4, -0.2) is 30.5 Å². The standard InChI is InChI=1S/C13H9N5O4/c19-11-3-2-8(18(21)22)6-10(11)16-13(20)9-7-15-17-5-1-4-14-12(9)17/h1-7,19H,(H,16,20). The summed E-state index contributed by atoms with van der Waals surface area (Å²) in [5.41, 5.74) is 0.219. The predicted molar refractivity (Wildman–Crippen MR) is 75.7 cm³/mol. The van der Waals surface area contributed by atoms with Crippen molar-refractivity contribution in [2.45, 2.75) is 0 Å². The van der Waals surface area contributed by atoms with Gasteiger partial charge in [-0.2, -0.15) is 5.10 Å². The average Bonchev–Trinajstić information content (AvgIpc) is 2.93. The highest BCUT2D eigenvalue weighted by Gasteiger charge is 2.17. The summed E-state index contributed by atoms with van der Waals surface area (Å²) in [7, 11) is 0. The summed E-state index contributed by atoms with van der Waals surface area (Å²) >= 11 is 0. The normalized spacial score (nSPS) is 10.5. The largest absolute Gasteiger partial charge is 0.506 e. The zero-order valence-electron chi connectivity index (χ0n) is 11.0. The fraction of sp³-hybridized carbons (Fsp3) is 0. The molecule has 0 fully saturated rings. The third kappa shape index (κ3) is 2.30. The number of carbonyl (C=O) groups excluding carboxylic acids is 1. The molecule has 2 heterocycles. The second-order valence-electron chi connectivity index (χ2n) is 4.36. The van der Waals surface area contributed by atoms with Gasteiger partial charge in [0.25, 0.3) is 11.6 Å². The second-order valence-corrected chi connectivity index (χ2v) is 4.36. The van der Waals surface area contributed by atoms with E-state index >= 15 is 0 Å². The topological polar surface area (TPSA) is 123 Å². The number of anilines is 1. The number of nitrogens with zero attached hydrogens (tertiary/aromatic N) is 4. The van der Waals surface area contributed by atoms with E-state index in [4.69, 9.17) is 0 Å². The molecule has 110 valence electrons. The molecular weight excluding hydrogens is 290 g/mol. The van der Waals surface area contributed by atoms with Gasteiger partial charge in [-0.1, -0.05) is 0 Å². The first-order valence-electron chi connectivity index (χ1n) is 6.13. The lowest BCUT2D eigenvalue weighted by atomic mass is 10.2. The van der Waals surface area contributed by atoms with Gasteiger partial charge in [-0.25, -0.2) is 9.50 Å². The van der Waals surface area contributed by atoms with Crippen LogP contribution in [0.4, 0.5) is 11.4 Å². The SMILES string of the molecule is O=C(Nc1cc([N+](=O)[O-])ccc1O)c1cnn2cccnc12. The Morgan fingerprint density at radius 3 is 3.00 bits per heavy atom. The molecule has 0 saturated heterocycles. The summed E-state index contributed by atoms with van der Waals surface area (Å²) in [6.45, 7) is 0. The van der Waals surface area contributed by atoms with E-state index in [0.717, 1.165) is 18.2 Å². The molecule has 0 aliphatic rings. The van der Waals surface area contributed by atoms with Gasteiger partial charge in [0.1, 0.15) is 11.3 Å². The third-order valence-corrected chi connectivity index (χ3v) is 2.96. The zero-order valence-corrected chi connectivity index (χ0v) is 11.0. The predicted octanol–water partition coefficient (Wildman–Crippen LogP) is 1.60. The molecule has 0 unspecified atom stereocenters. The van der Waals surface area contributed by atoms with Gasteiger partial charge in [0.05, 0.1) is 16.8 Å². The number of aromatic nitrogens is 3. The first kappa shape index (κ1) is 13.5. The number of hydrogen-bond donors (Lipinski definition) is 2. The quantitative estimate of drug-likeness (QED) is 0.430. The Labute approximate surface area is 123 Å². The Balaban J connectivity index is 1.94. The van der Waals surface area contributed by atoms with Crippen LogP contribution in [0.5, 0.6) is 5.75 Å². The van der Waals surface area contributed by atoms with E-state index in [0.29, 0.717) is 5.65 Å². The summed E-state index contributed by atoms with van der Waals surface area (Å²) in [6.07, 6.45) is 4.47. The first-order chi connectivity index (χ1) is 10.6. The minimum atomic E-state index is -0.619. The van der Waals surface area contributed by atoms with Crippen molar-refractivity contribution >= 4 is 22.9 Å². The summed E-state index contributed by atoms with van der Waals surface area (Å²) in [5, 5.41) is 26.8. The summed E-state index contributed by atoms with van der Waals surface area (Å²) in [6, 6.07) is 5.02. The van der Waals surface area contributed by atoms with E-state index in [9.17, 15) is 20.0 Å². The van der Waals surface area contributed by atoms with Crippen molar-refractivity contribution in [2.24, 2.45) is 0 Å². The second kappa shape index (κ2) is 5.13. The smallest absolute Gasteiger partial charge is 0.271 e. The monoisotopic (exact) mass is 299 g/mol. The number of fused-ring (bicyclic) bond motifs is 1. The summed E-state index contributed by atoms with van der Waals surface area (Å²) in [4.78, 5) is 26.4. The lowest BCUT2D eigenvalue weighted by molar-refractivity contribution is -0.384. The molecule has 0 saturated carbocycles. The van der Waals surface area contributed by atoms with Gasteiger partial charge in [-0.05, 0) is 12.1 Å². The molecule has 0 bridgehead atoms. The molecule has 9 nitrogen and oxygen atoms in total. The maximum Gasteiger partial charge on any atom is 0.271 e. The number of rotatable bonds is 3. The van der Waals surface area contributed by atoms with Crippen LogP contribution in [0.25, 0.3) is 5.65 Å². The number of nitro benzene ring substituents is 1. The molecule has 0 spiro atoms. The molecule has 2 N–H and O–H groups in total. The Morgan fingerprint density at radius 2 is 2.23 bits per heavy atom. The molecule has 1 aromatic carbocycles. The Hall–Kier alpha value is -3.49. The van der Waals surface area contributed by atoms with Gasteiger partial charge >= 0.3 is 0 Å². The lowest BCUT2D eigenvalue weighted by Gasteiger charge is -2.06. The van der Waals surface area contributed by atoms with Crippen LogP contribution in [0.2, 0.25) is 0 Å². The van der Waals surface area contributed by atoms with Crippen molar-refractivity contribution in [3.63, 3.8) is 0 Å². The number of benzene rings is 1. The Bertz CT molecular complexity index is 889. The van der Waals surface area contributed by atoms with Crippen LogP contribution in [0.3, 0.4) is 0 Å². The number of phenols is 1. The molecule has 0 aliphatic heterocycles. The van der Waals surface area contributed by atoms with Gasteiger partial charge in [-0.15, -0.1) is 0 Å². The molecule has 3 rings (SSSR count). The van der Waals surface area contributed by atoms with Crippen molar-refractivity contribution in [3.8, 4) is 5.75 Å². The van der Waals surface area contributed by atoms with Gasteiger partial charge in [-0.3, -0.25) is 14.9 Å². The van der Waals surface area contributed by atoms with Gasteiger partial charge < -0.3 is 10.4 Å². The number of nitro groups is 1. The van der Waals surface area contributed by atoms with Crippen LogP contribution in [0, 0.1) is 10.1 Å². The van der Waals surface area contributed by atoms with E-state index in [-0.39, 0.29) is 22.7 Å². The van der Waals surface area contributed by atoms with Crippen molar-refractivity contribution in [1.82, 2.24) is 14.6 Å². The molecule has 0 atom stereocenters. The molecule has 1 amide bonds. The first-order valence-corrected chi connectivity index (χ1v) is 6.13. The zero-order chi connectivity index (χ0) is 15.7. The highest BCUT2D eigenvalue weighted by atomic mass is 16.6. The number of hydrogen-bond acceptors (Lipinski definition) is 6. The highest BCUT2D eigenvalue weighted by molar-refractivity contribution is 6.08. The maximum atomic E-state index is 12.2. The van der Waals surface area contributed by atoms with Crippen LogP contribution in [-0.2, 0) is 0 Å². The van der Waals surface area contributed by atoms with Gasteiger partial charge in [0, 0.05) is 24.5 Å². The van der Waals surface area contributed by atoms with E-state index in [1.54, 1.807) is 12.3 Å². The summed E-state index contributed by atoms with van der Waals surface area (Å²) < 4.78 is 1.42. The van der Waals surface area contributed by atoms with Crippen molar-refractivity contribution < 1.29 is 14.8 Å². The van der Waals surface area contributed by atoms with E-state index in [1.807, 2.05) is 0 Å². The fourth-order valence-electron chi connectivity index (χ4n) is 1.91. The minimum Gasteiger partial charge on any atom is -0.506 e. The lowest BCUT2D eigenvalue weighted by Crippen LogP contribution is -2.12. The molecule has 22 heavy (non-hydrogen) atoms. The average molecular weight is 299 g/mol. The van der Waals surface area contributed by atoms with Gasteiger partial charge in [0.2, 0.25) is 0 Å². The Kier molecular flexibility index (Phi) is 3.14. The number of nitrogens with one attached hydrogen (secondary N) is 1. The molecule has 0 aliphatic carbocycles. The van der Waals surface area contributed by atoms with Crippen molar-refractivity contribution in [3.05, 3.63) is 58.5 Å². The van der Waals surface area contributed by atoms with Crippen LogP contribution >= 0.6 is 0 Å². The fourth-order valence-corrected chi connectivity index (χ4v) is 1.91. The number of aromatic hydroxyl groups is 1. The van der Waals surface area contributed by atoms with E-state index in [1.165, 1.54) is 16.9 Å².